The fourth-order valence-electron chi connectivity index (χ4n) is 2.08. The highest BCUT2D eigenvalue weighted by Crippen LogP contribution is 2.22. The van der Waals surface area contributed by atoms with Crippen LogP contribution in [0.25, 0.3) is 11.5 Å². The lowest BCUT2D eigenvalue weighted by Crippen LogP contribution is -2.36. The van der Waals surface area contributed by atoms with Crippen LogP contribution >= 0.6 is 15.9 Å². The fraction of sp³-hybridized carbons (Fsp3) is 0.214. The Morgan fingerprint density at radius 2 is 1.83 bits per heavy atom. The highest BCUT2D eigenvalue weighted by atomic mass is 79.9. The molecule has 0 saturated carbocycles. The molecule has 1 aliphatic rings. The molecule has 1 aromatic carbocycles. The van der Waals surface area contributed by atoms with E-state index in [1.54, 1.807) is 12.1 Å². The molecule has 0 bridgehead atoms. The zero-order valence-corrected chi connectivity index (χ0v) is 13.4. The van der Waals surface area contributed by atoms with Gasteiger partial charge in [-0.05, 0) is 24.3 Å². The Bertz CT molecular complexity index is 755. The summed E-state index contributed by atoms with van der Waals surface area (Å²) in [5, 5.41) is 9.93. The van der Waals surface area contributed by atoms with Crippen LogP contribution in [0.2, 0.25) is 0 Å². The number of carbonyl (C=O) groups excluding carboxylic acids is 3. The van der Waals surface area contributed by atoms with Gasteiger partial charge in [0.1, 0.15) is 6.54 Å². The molecule has 23 heavy (non-hydrogen) atoms. The molecule has 2 aromatic rings. The van der Waals surface area contributed by atoms with Gasteiger partial charge in [-0.1, -0.05) is 21.0 Å². The van der Waals surface area contributed by atoms with E-state index in [1.807, 2.05) is 12.1 Å². The van der Waals surface area contributed by atoms with Crippen molar-refractivity contribution in [2.24, 2.45) is 0 Å². The number of hydrogen-bond donors (Lipinski definition) is 1. The number of hydrogen-bond acceptors (Lipinski definition) is 6. The second-order valence-electron chi connectivity index (χ2n) is 4.84. The molecule has 118 valence electrons. The third kappa shape index (κ3) is 3.45. The van der Waals surface area contributed by atoms with Crippen LogP contribution in [0, 0.1) is 0 Å². The van der Waals surface area contributed by atoms with Crippen LogP contribution in [-0.4, -0.2) is 39.4 Å². The van der Waals surface area contributed by atoms with Crippen LogP contribution in [0.1, 0.15) is 12.8 Å². The van der Waals surface area contributed by atoms with E-state index in [1.165, 1.54) is 0 Å². The van der Waals surface area contributed by atoms with Crippen molar-refractivity contribution in [1.29, 1.82) is 0 Å². The molecule has 1 aromatic heterocycles. The van der Waals surface area contributed by atoms with E-state index in [9.17, 15) is 14.4 Å². The molecule has 0 atom stereocenters. The summed E-state index contributed by atoms with van der Waals surface area (Å²) in [5.41, 5.74) is 0.700. The molecular weight excluding hydrogens is 368 g/mol. The van der Waals surface area contributed by atoms with Crippen LogP contribution in [0.15, 0.2) is 33.2 Å². The van der Waals surface area contributed by atoms with Crippen LogP contribution in [-0.2, 0) is 14.4 Å². The summed E-state index contributed by atoms with van der Waals surface area (Å²) in [7, 11) is 0. The molecule has 8 nitrogen and oxygen atoms in total. The van der Waals surface area contributed by atoms with Crippen molar-refractivity contribution in [3.8, 4) is 11.5 Å². The number of likely N-dealkylation sites (tertiary alicyclic amines) is 1. The van der Waals surface area contributed by atoms with E-state index in [0.29, 0.717) is 5.56 Å². The Morgan fingerprint density at radius 3 is 2.48 bits per heavy atom. The molecule has 1 saturated heterocycles. The second kappa shape index (κ2) is 6.29. The first-order valence-electron chi connectivity index (χ1n) is 6.75. The summed E-state index contributed by atoms with van der Waals surface area (Å²) >= 11 is 3.32. The Labute approximate surface area is 139 Å². The van der Waals surface area contributed by atoms with E-state index >= 15 is 0 Å². The van der Waals surface area contributed by atoms with Crippen LogP contribution < -0.4 is 5.32 Å². The lowest BCUT2D eigenvalue weighted by atomic mass is 10.2. The van der Waals surface area contributed by atoms with E-state index in [2.05, 4.69) is 31.4 Å². The highest BCUT2D eigenvalue weighted by Gasteiger charge is 2.30. The number of amides is 3. The number of nitrogens with one attached hydrogen (secondary N) is 1. The third-order valence-electron chi connectivity index (χ3n) is 3.22. The summed E-state index contributed by atoms with van der Waals surface area (Å²) in [6.45, 7) is -0.354. The van der Waals surface area contributed by atoms with Gasteiger partial charge in [0.25, 0.3) is 0 Å². The summed E-state index contributed by atoms with van der Waals surface area (Å²) in [4.78, 5) is 35.7. The molecule has 1 N–H and O–H groups in total. The lowest BCUT2D eigenvalue weighted by Gasteiger charge is -2.11. The minimum Gasteiger partial charge on any atom is -0.403 e. The number of carbonyl (C=O) groups is 3. The number of aromatic nitrogens is 2. The number of imide groups is 1. The first-order chi connectivity index (χ1) is 11.0. The van der Waals surface area contributed by atoms with Gasteiger partial charge < -0.3 is 4.42 Å². The van der Waals surface area contributed by atoms with Gasteiger partial charge in [0.15, 0.2) is 0 Å². The predicted molar refractivity (Wildman–Crippen MR) is 82.0 cm³/mol. The molecule has 9 heteroatoms. The van der Waals surface area contributed by atoms with Gasteiger partial charge >= 0.3 is 6.01 Å². The molecule has 1 fully saturated rings. The molecule has 0 radical (unpaired) electrons. The Hall–Kier alpha value is -2.55. The molecule has 0 spiro atoms. The molecule has 1 aliphatic heterocycles. The average Bonchev–Trinajstić information content (AvgIpc) is 3.10. The standard InChI is InChI=1S/C14H11BrN4O4/c15-9-3-1-8(2-4-9)13-17-18-14(23-13)16-10(20)7-19-11(21)5-6-12(19)22/h1-4H,5-7H2,(H,16,18,20). The van der Waals surface area contributed by atoms with Crippen molar-refractivity contribution < 1.29 is 18.8 Å². The monoisotopic (exact) mass is 378 g/mol. The first-order valence-corrected chi connectivity index (χ1v) is 7.55. The highest BCUT2D eigenvalue weighted by molar-refractivity contribution is 9.10. The number of rotatable bonds is 4. The van der Waals surface area contributed by atoms with Crippen molar-refractivity contribution in [3.63, 3.8) is 0 Å². The molecule has 2 heterocycles. The molecule has 0 aliphatic carbocycles. The predicted octanol–water partition coefficient (Wildman–Crippen LogP) is 1.59. The SMILES string of the molecule is O=C(CN1C(=O)CCC1=O)Nc1nnc(-c2ccc(Br)cc2)o1. The van der Waals surface area contributed by atoms with E-state index < -0.39 is 5.91 Å². The molecule has 3 rings (SSSR count). The molecule has 3 amide bonds. The van der Waals surface area contributed by atoms with Gasteiger partial charge in [-0.2, -0.15) is 0 Å². The normalized spacial score (nSPS) is 14.4. The van der Waals surface area contributed by atoms with Crippen molar-refractivity contribution in [1.82, 2.24) is 15.1 Å². The van der Waals surface area contributed by atoms with Gasteiger partial charge in [-0.25, -0.2) is 0 Å². The Kier molecular flexibility index (Phi) is 4.20. The van der Waals surface area contributed by atoms with Crippen LogP contribution in [0.4, 0.5) is 6.01 Å². The Balaban J connectivity index is 1.64. The zero-order chi connectivity index (χ0) is 16.4. The van der Waals surface area contributed by atoms with Crippen LogP contribution in [0.5, 0.6) is 0 Å². The molecular formula is C14H11BrN4O4. The zero-order valence-electron chi connectivity index (χ0n) is 11.8. The van der Waals surface area contributed by atoms with Gasteiger partial charge in [0, 0.05) is 22.9 Å². The minimum absolute atomic E-state index is 0.0907. The van der Waals surface area contributed by atoms with Gasteiger partial charge in [0.2, 0.25) is 23.6 Å². The smallest absolute Gasteiger partial charge is 0.322 e. The average molecular weight is 379 g/mol. The first kappa shape index (κ1) is 15.3. The Morgan fingerprint density at radius 1 is 1.17 bits per heavy atom. The van der Waals surface area contributed by atoms with E-state index in [4.69, 9.17) is 4.42 Å². The van der Waals surface area contributed by atoms with Crippen molar-refractivity contribution in [3.05, 3.63) is 28.7 Å². The maximum atomic E-state index is 11.9. The number of benzene rings is 1. The summed E-state index contributed by atoms with van der Waals surface area (Å²) in [6.07, 6.45) is 0.279. The quantitative estimate of drug-likeness (QED) is 0.809. The van der Waals surface area contributed by atoms with Crippen molar-refractivity contribution in [2.75, 3.05) is 11.9 Å². The summed E-state index contributed by atoms with van der Waals surface area (Å²) < 4.78 is 6.25. The lowest BCUT2D eigenvalue weighted by molar-refractivity contribution is -0.141. The van der Waals surface area contributed by atoms with Crippen molar-refractivity contribution in [2.45, 2.75) is 12.8 Å². The van der Waals surface area contributed by atoms with Crippen molar-refractivity contribution >= 4 is 39.7 Å². The third-order valence-corrected chi connectivity index (χ3v) is 3.75. The summed E-state index contributed by atoms with van der Waals surface area (Å²) in [5.74, 6) is -1.03. The van der Waals surface area contributed by atoms with E-state index in [-0.39, 0.29) is 43.1 Å². The fourth-order valence-corrected chi connectivity index (χ4v) is 2.35. The number of anilines is 1. The minimum atomic E-state index is -0.570. The molecule has 0 unspecified atom stereocenters. The number of halogens is 1. The number of nitrogens with zero attached hydrogens (tertiary/aromatic N) is 3. The van der Waals surface area contributed by atoms with Gasteiger partial charge in [-0.15, -0.1) is 5.10 Å². The van der Waals surface area contributed by atoms with Gasteiger partial charge in [-0.3, -0.25) is 24.6 Å². The summed E-state index contributed by atoms with van der Waals surface area (Å²) in [6, 6.07) is 7.12. The topological polar surface area (TPSA) is 105 Å². The largest absolute Gasteiger partial charge is 0.403 e. The maximum absolute atomic E-state index is 11.9. The van der Waals surface area contributed by atoms with Gasteiger partial charge in [0.05, 0.1) is 0 Å². The maximum Gasteiger partial charge on any atom is 0.322 e. The second-order valence-corrected chi connectivity index (χ2v) is 5.76. The van der Waals surface area contributed by atoms with E-state index in [0.717, 1.165) is 9.37 Å². The van der Waals surface area contributed by atoms with Crippen LogP contribution in [0.3, 0.4) is 0 Å².